The van der Waals surface area contributed by atoms with Crippen LogP contribution in [0.5, 0.6) is 0 Å². The van der Waals surface area contributed by atoms with E-state index >= 15 is 0 Å². The minimum Gasteiger partial charge on any atom is -0.422 e. The van der Waals surface area contributed by atoms with E-state index in [-0.39, 0.29) is 11.3 Å². The van der Waals surface area contributed by atoms with Crippen molar-refractivity contribution in [1.82, 2.24) is 9.71 Å². The Bertz CT molecular complexity index is 847. The summed E-state index contributed by atoms with van der Waals surface area (Å²) in [6, 6.07) is 14.4. The number of anilines is 1. The number of halogens is 1. The zero-order valence-electron chi connectivity index (χ0n) is 11.0. The fourth-order valence-electron chi connectivity index (χ4n) is 2.04. The van der Waals surface area contributed by atoms with Gasteiger partial charge in [0.1, 0.15) is 0 Å². The molecule has 0 spiro atoms. The number of hydrogen-bond donors (Lipinski definition) is 2. The van der Waals surface area contributed by atoms with Gasteiger partial charge in [0.05, 0.1) is 10.9 Å². The highest BCUT2D eigenvalue weighted by atomic mass is 35.5. The third-order valence-electron chi connectivity index (χ3n) is 3.10. The van der Waals surface area contributed by atoms with E-state index in [0.717, 1.165) is 5.56 Å². The first kappa shape index (κ1) is 13.5. The van der Waals surface area contributed by atoms with Gasteiger partial charge in [-0.1, -0.05) is 41.9 Å². The smallest absolute Gasteiger partial charge is 0.295 e. The van der Waals surface area contributed by atoms with Crippen LogP contribution in [0.25, 0.3) is 10.9 Å². The lowest BCUT2D eigenvalue weighted by molar-refractivity contribution is 0.179. The summed E-state index contributed by atoms with van der Waals surface area (Å²) in [5, 5.41) is 13.5. The highest BCUT2D eigenvalue weighted by Gasteiger charge is 2.10. The first-order valence-electron chi connectivity index (χ1n) is 6.34. The van der Waals surface area contributed by atoms with Crippen LogP contribution in [0.3, 0.4) is 0 Å². The van der Waals surface area contributed by atoms with Crippen molar-refractivity contribution in [3.05, 3.63) is 69.5 Å². The normalized spacial score (nSPS) is 10.7. The van der Waals surface area contributed by atoms with E-state index < -0.39 is 5.56 Å². The predicted octanol–water partition coefficient (Wildman–Crippen LogP) is 2.90. The molecule has 0 radical (unpaired) electrons. The van der Waals surface area contributed by atoms with Crippen molar-refractivity contribution in [2.45, 2.75) is 6.54 Å². The van der Waals surface area contributed by atoms with Crippen LogP contribution in [0.1, 0.15) is 5.56 Å². The number of aromatic nitrogens is 2. The lowest BCUT2D eigenvalue weighted by atomic mass is 10.2. The fraction of sp³-hybridized carbons (Fsp3) is 0.0667. The average molecular weight is 302 g/mol. The standard InChI is InChI=1S/C15H12ClN3O2/c16-11-6-7-13-12(8-11)14(20)19(21)15(18-13)17-9-10-4-2-1-3-5-10/h1-8,21H,9H2,(H,17,18). The van der Waals surface area contributed by atoms with Crippen molar-refractivity contribution in [3.63, 3.8) is 0 Å². The Morgan fingerprint density at radius 3 is 2.71 bits per heavy atom. The number of nitrogens with one attached hydrogen (secondary N) is 1. The van der Waals surface area contributed by atoms with Crippen molar-refractivity contribution < 1.29 is 5.21 Å². The van der Waals surface area contributed by atoms with Gasteiger partial charge < -0.3 is 10.5 Å². The van der Waals surface area contributed by atoms with Gasteiger partial charge in [-0.25, -0.2) is 4.98 Å². The maximum atomic E-state index is 12.1. The molecule has 6 heteroatoms. The second-order valence-electron chi connectivity index (χ2n) is 4.55. The molecular formula is C15H12ClN3O2. The lowest BCUT2D eigenvalue weighted by Gasteiger charge is -2.10. The third kappa shape index (κ3) is 2.68. The number of benzene rings is 2. The second-order valence-corrected chi connectivity index (χ2v) is 4.99. The minimum atomic E-state index is -0.557. The molecule has 0 aliphatic carbocycles. The molecule has 3 aromatic rings. The Kier molecular flexibility index (Phi) is 3.50. The van der Waals surface area contributed by atoms with Crippen LogP contribution in [0.15, 0.2) is 53.3 Å². The zero-order valence-corrected chi connectivity index (χ0v) is 11.7. The van der Waals surface area contributed by atoms with E-state index in [9.17, 15) is 10.0 Å². The van der Waals surface area contributed by atoms with Crippen molar-refractivity contribution in [2.24, 2.45) is 0 Å². The summed E-state index contributed by atoms with van der Waals surface area (Å²) in [4.78, 5) is 16.3. The number of hydrogen-bond acceptors (Lipinski definition) is 4. The van der Waals surface area contributed by atoms with Crippen LogP contribution in [-0.4, -0.2) is 14.9 Å². The first-order chi connectivity index (χ1) is 10.1. The molecule has 0 fully saturated rings. The van der Waals surface area contributed by atoms with Crippen molar-refractivity contribution in [3.8, 4) is 0 Å². The fourth-order valence-corrected chi connectivity index (χ4v) is 2.21. The minimum absolute atomic E-state index is 0.0960. The molecule has 0 saturated heterocycles. The molecule has 21 heavy (non-hydrogen) atoms. The number of fused-ring (bicyclic) bond motifs is 1. The van der Waals surface area contributed by atoms with Crippen LogP contribution in [0, 0.1) is 0 Å². The molecule has 0 saturated carbocycles. The van der Waals surface area contributed by atoms with Gasteiger partial charge in [0.2, 0.25) is 5.95 Å². The van der Waals surface area contributed by atoms with Crippen LogP contribution < -0.4 is 10.9 Å². The summed E-state index contributed by atoms with van der Waals surface area (Å²) >= 11 is 5.85. The maximum absolute atomic E-state index is 12.1. The van der Waals surface area contributed by atoms with Gasteiger partial charge in [0.15, 0.2) is 0 Å². The molecule has 5 nitrogen and oxygen atoms in total. The van der Waals surface area contributed by atoms with E-state index in [1.807, 2.05) is 30.3 Å². The van der Waals surface area contributed by atoms with Gasteiger partial charge in [-0.05, 0) is 23.8 Å². The van der Waals surface area contributed by atoms with Crippen molar-refractivity contribution in [1.29, 1.82) is 0 Å². The number of rotatable bonds is 3. The van der Waals surface area contributed by atoms with E-state index in [1.54, 1.807) is 12.1 Å². The molecule has 0 aliphatic heterocycles. The van der Waals surface area contributed by atoms with Gasteiger partial charge in [0.25, 0.3) is 5.56 Å². The molecule has 2 aromatic carbocycles. The van der Waals surface area contributed by atoms with Crippen LogP contribution in [0.2, 0.25) is 5.02 Å². The first-order valence-corrected chi connectivity index (χ1v) is 6.72. The topological polar surface area (TPSA) is 67.2 Å². The zero-order chi connectivity index (χ0) is 14.8. The van der Waals surface area contributed by atoms with E-state index in [0.29, 0.717) is 21.8 Å². The SMILES string of the molecule is O=c1c2cc(Cl)ccc2nc(NCc2ccccc2)n1O. The van der Waals surface area contributed by atoms with Crippen LogP contribution in [-0.2, 0) is 6.54 Å². The summed E-state index contributed by atoms with van der Waals surface area (Å²) in [7, 11) is 0. The van der Waals surface area contributed by atoms with Gasteiger partial charge in [-0.2, -0.15) is 0 Å². The summed E-state index contributed by atoms with van der Waals surface area (Å²) in [6.45, 7) is 0.451. The Morgan fingerprint density at radius 2 is 1.95 bits per heavy atom. The summed E-state index contributed by atoms with van der Waals surface area (Å²) in [6.07, 6.45) is 0. The van der Waals surface area contributed by atoms with Gasteiger partial charge in [-0.15, -0.1) is 4.73 Å². The molecule has 106 valence electrons. The van der Waals surface area contributed by atoms with Crippen molar-refractivity contribution in [2.75, 3.05) is 5.32 Å². The highest BCUT2D eigenvalue weighted by Crippen LogP contribution is 2.16. The predicted molar refractivity (Wildman–Crippen MR) is 82.0 cm³/mol. The average Bonchev–Trinajstić information content (AvgIpc) is 2.51. The Labute approximate surface area is 125 Å². The third-order valence-corrected chi connectivity index (χ3v) is 3.34. The Balaban J connectivity index is 1.98. The Hall–Kier alpha value is -2.53. The van der Waals surface area contributed by atoms with Crippen molar-refractivity contribution >= 4 is 28.5 Å². The van der Waals surface area contributed by atoms with E-state index in [2.05, 4.69) is 10.3 Å². The number of nitrogens with zero attached hydrogens (tertiary/aromatic N) is 2. The Morgan fingerprint density at radius 1 is 1.19 bits per heavy atom. The highest BCUT2D eigenvalue weighted by molar-refractivity contribution is 6.31. The molecule has 2 N–H and O–H groups in total. The summed E-state index contributed by atoms with van der Waals surface area (Å²) in [5.74, 6) is 0.0960. The summed E-state index contributed by atoms with van der Waals surface area (Å²) < 4.78 is 0.502. The molecule has 0 aliphatic rings. The molecule has 0 amide bonds. The molecule has 0 unspecified atom stereocenters. The monoisotopic (exact) mass is 301 g/mol. The van der Waals surface area contributed by atoms with Gasteiger partial charge >= 0.3 is 0 Å². The second kappa shape index (κ2) is 5.46. The largest absolute Gasteiger partial charge is 0.422 e. The lowest BCUT2D eigenvalue weighted by Crippen LogP contribution is -2.23. The van der Waals surface area contributed by atoms with Gasteiger partial charge in [-0.3, -0.25) is 4.79 Å². The van der Waals surface area contributed by atoms with E-state index in [4.69, 9.17) is 11.6 Å². The summed E-state index contributed by atoms with van der Waals surface area (Å²) in [5.41, 5.74) is 0.936. The maximum Gasteiger partial charge on any atom is 0.295 e. The quantitative estimate of drug-likeness (QED) is 0.730. The molecule has 3 rings (SSSR count). The van der Waals surface area contributed by atoms with Crippen LogP contribution >= 0.6 is 11.6 Å². The van der Waals surface area contributed by atoms with Gasteiger partial charge in [0, 0.05) is 11.6 Å². The molecular weight excluding hydrogens is 290 g/mol. The molecule has 0 bridgehead atoms. The molecule has 1 heterocycles. The van der Waals surface area contributed by atoms with E-state index in [1.165, 1.54) is 6.07 Å². The molecule has 1 aromatic heterocycles. The van der Waals surface area contributed by atoms with Crippen LogP contribution in [0.4, 0.5) is 5.95 Å². The molecule has 0 atom stereocenters.